The van der Waals surface area contributed by atoms with Gasteiger partial charge in [0.05, 0.1) is 13.7 Å². The molecule has 0 radical (unpaired) electrons. The van der Waals surface area contributed by atoms with Gasteiger partial charge in [-0.2, -0.15) is 0 Å². The van der Waals surface area contributed by atoms with Crippen molar-refractivity contribution in [3.8, 4) is 0 Å². The summed E-state index contributed by atoms with van der Waals surface area (Å²) in [6.45, 7) is 5.22. The van der Waals surface area contributed by atoms with Gasteiger partial charge in [-0.15, -0.1) is 0 Å². The lowest BCUT2D eigenvalue weighted by Crippen LogP contribution is -2.39. The predicted octanol–water partition coefficient (Wildman–Crippen LogP) is 1.89. The molecule has 4 heteroatoms. The predicted molar refractivity (Wildman–Crippen MR) is 76.1 cm³/mol. The van der Waals surface area contributed by atoms with Crippen molar-refractivity contribution in [2.45, 2.75) is 51.0 Å². The maximum absolute atomic E-state index is 11.5. The van der Waals surface area contributed by atoms with Crippen LogP contribution in [0.3, 0.4) is 0 Å². The van der Waals surface area contributed by atoms with Gasteiger partial charge in [-0.3, -0.25) is 9.69 Å². The summed E-state index contributed by atoms with van der Waals surface area (Å²) in [5.41, 5.74) is 0. The summed E-state index contributed by atoms with van der Waals surface area (Å²) >= 11 is 0. The number of likely N-dealkylation sites (tertiary alicyclic amines) is 1. The molecule has 0 atom stereocenters. The first-order valence-corrected chi connectivity index (χ1v) is 7.83. The van der Waals surface area contributed by atoms with Crippen molar-refractivity contribution in [3.05, 3.63) is 0 Å². The number of nitrogens with zero attached hydrogens (tertiary/aromatic N) is 2. The summed E-state index contributed by atoms with van der Waals surface area (Å²) in [5.74, 6) is -0.0897. The molecular weight excluding hydrogens is 240 g/mol. The standard InChI is InChI=1S/C15H28N2O2/c1-19-15(18)13-17(14-7-2-3-8-14)12-6-11-16-9-4-5-10-16/h14H,2-13H2,1H3. The average Bonchev–Trinajstić information content (AvgIpc) is 3.10. The molecule has 0 unspecified atom stereocenters. The quantitative estimate of drug-likeness (QED) is 0.660. The van der Waals surface area contributed by atoms with Crippen LogP contribution in [0.1, 0.15) is 44.9 Å². The molecular formula is C15H28N2O2. The summed E-state index contributed by atoms with van der Waals surface area (Å²) in [7, 11) is 1.49. The van der Waals surface area contributed by atoms with E-state index < -0.39 is 0 Å². The summed E-state index contributed by atoms with van der Waals surface area (Å²) in [6.07, 6.45) is 9.01. The van der Waals surface area contributed by atoms with Gasteiger partial charge in [0.2, 0.25) is 0 Å². The fourth-order valence-electron chi connectivity index (χ4n) is 3.39. The van der Waals surface area contributed by atoms with Crippen molar-refractivity contribution in [1.82, 2.24) is 9.80 Å². The van der Waals surface area contributed by atoms with Crippen molar-refractivity contribution in [3.63, 3.8) is 0 Å². The average molecular weight is 268 g/mol. The number of hydrogen-bond acceptors (Lipinski definition) is 4. The van der Waals surface area contributed by atoms with E-state index in [1.807, 2.05) is 0 Å². The minimum Gasteiger partial charge on any atom is -0.468 e. The van der Waals surface area contributed by atoms with Crippen LogP contribution in [0.5, 0.6) is 0 Å². The maximum atomic E-state index is 11.5. The number of hydrogen-bond donors (Lipinski definition) is 0. The van der Waals surface area contributed by atoms with Crippen molar-refractivity contribution >= 4 is 5.97 Å². The molecule has 0 aromatic heterocycles. The topological polar surface area (TPSA) is 32.8 Å². The second-order valence-corrected chi connectivity index (χ2v) is 5.89. The van der Waals surface area contributed by atoms with Crippen LogP contribution in [-0.4, -0.2) is 61.6 Å². The lowest BCUT2D eigenvalue weighted by Gasteiger charge is -2.28. The third-order valence-electron chi connectivity index (χ3n) is 4.52. The summed E-state index contributed by atoms with van der Waals surface area (Å²) in [4.78, 5) is 16.4. The molecule has 1 saturated carbocycles. The van der Waals surface area contributed by atoms with Crippen LogP contribution in [0.15, 0.2) is 0 Å². The summed E-state index contributed by atoms with van der Waals surface area (Å²) in [5, 5.41) is 0. The number of ether oxygens (including phenoxy) is 1. The van der Waals surface area contributed by atoms with E-state index in [1.165, 1.54) is 71.7 Å². The number of rotatable bonds is 7. The normalized spacial score (nSPS) is 21.4. The molecule has 2 aliphatic rings. The van der Waals surface area contributed by atoms with Crippen LogP contribution in [-0.2, 0) is 9.53 Å². The molecule has 4 nitrogen and oxygen atoms in total. The van der Waals surface area contributed by atoms with Crippen LogP contribution in [0.25, 0.3) is 0 Å². The third-order valence-corrected chi connectivity index (χ3v) is 4.52. The molecule has 2 fully saturated rings. The van der Waals surface area contributed by atoms with Crippen LogP contribution in [0.2, 0.25) is 0 Å². The van der Waals surface area contributed by atoms with Gasteiger partial charge in [-0.1, -0.05) is 12.8 Å². The first kappa shape index (κ1) is 14.8. The fraction of sp³-hybridized carbons (Fsp3) is 0.933. The van der Waals surface area contributed by atoms with Gasteiger partial charge < -0.3 is 9.64 Å². The Morgan fingerprint density at radius 1 is 1.21 bits per heavy atom. The van der Waals surface area contributed by atoms with Gasteiger partial charge in [-0.05, 0) is 51.7 Å². The van der Waals surface area contributed by atoms with Crippen LogP contribution in [0, 0.1) is 0 Å². The van der Waals surface area contributed by atoms with E-state index in [2.05, 4.69) is 9.80 Å². The molecule has 110 valence electrons. The number of methoxy groups -OCH3 is 1. The maximum Gasteiger partial charge on any atom is 0.319 e. The fourth-order valence-corrected chi connectivity index (χ4v) is 3.39. The Morgan fingerprint density at radius 2 is 1.89 bits per heavy atom. The Hall–Kier alpha value is -0.610. The van der Waals surface area contributed by atoms with Gasteiger partial charge >= 0.3 is 5.97 Å². The summed E-state index contributed by atoms with van der Waals surface area (Å²) in [6, 6.07) is 0.609. The van der Waals surface area contributed by atoms with Gasteiger partial charge in [0, 0.05) is 12.6 Å². The molecule has 2 rings (SSSR count). The highest BCUT2D eigenvalue weighted by Crippen LogP contribution is 2.23. The van der Waals surface area contributed by atoms with E-state index in [1.54, 1.807) is 0 Å². The number of carbonyl (C=O) groups is 1. The van der Waals surface area contributed by atoms with Gasteiger partial charge in [0.25, 0.3) is 0 Å². The lowest BCUT2D eigenvalue weighted by atomic mass is 10.2. The van der Waals surface area contributed by atoms with Crippen molar-refractivity contribution in [2.75, 3.05) is 39.8 Å². The zero-order valence-electron chi connectivity index (χ0n) is 12.3. The second kappa shape index (κ2) is 7.85. The van der Waals surface area contributed by atoms with Gasteiger partial charge in [-0.25, -0.2) is 0 Å². The Morgan fingerprint density at radius 3 is 2.53 bits per heavy atom. The van der Waals surface area contributed by atoms with Gasteiger partial charge in [0.15, 0.2) is 0 Å². The number of esters is 1. The van der Waals surface area contributed by atoms with E-state index in [0.717, 1.165) is 6.54 Å². The highest BCUT2D eigenvalue weighted by Gasteiger charge is 2.24. The van der Waals surface area contributed by atoms with Crippen LogP contribution < -0.4 is 0 Å². The van der Waals surface area contributed by atoms with Gasteiger partial charge in [0.1, 0.15) is 0 Å². The zero-order valence-corrected chi connectivity index (χ0v) is 12.3. The molecule has 1 heterocycles. The lowest BCUT2D eigenvalue weighted by molar-refractivity contribution is -0.142. The second-order valence-electron chi connectivity index (χ2n) is 5.89. The van der Waals surface area contributed by atoms with E-state index in [9.17, 15) is 4.79 Å². The Labute approximate surface area is 117 Å². The minimum absolute atomic E-state index is 0.0897. The van der Waals surface area contributed by atoms with Crippen molar-refractivity contribution in [2.24, 2.45) is 0 Å². The molecule has 19 heavy (non-hydrogen) atoms. The third kappa shape index (κ3) is 4.77. The Balaban J connectivity index is 1.73. The monoisotopic (exact) mass is 268 g/mol. The first-order chi connectivity index (χ1) is 9.29. The molecule has 0 aromatic carbocycles. The zero-order chi connectivity index (χ0) is 13.5. The van der Waals surface area contributed by atoms with E-state index in [0.29, 0.717) is 12.6 Å². The highest BCUT2D eigenvalue weighted by molar-refractivity contribution is 5.71. The molecule has 0 N–H and O–H groups in total. The molecule has 0 bridgehead atoms. The van der Waals surface area contributed by atoms with Crippen molar-refractivity contribution < 1.29 is 9.53 Å². The van der Waals surface area contributed by atoms with E-state index in [4.69, 9.17) is 4.74 Å². The molecule has 1 saturated heterocycles. The molecule has 0 spiro atoms. The largest absolute Gasteiger partial charge is 0.468 e. The first-order valence-electron chi connectivity index (χ1n) is 7.83. The highest BCUT2D eigenvalue weighted by atomic mass is 16.5. The SMILES string of the molecule is COC(=O)CN(CCCN1CCCC1)C1CCCC1. The Kier molecular flexibility index (Phi) is 6.11. The smallest absolute Gasteiger partial charge is 0.319 e. The van der Waals surface area contributed by atoms with Crippen LogP contribution >= 0.6 is 0 Å². The molecule has 1 aliphatic heterocycles. The molecule has 0 amide bonds. The van der Waals surface area contributed by atoms with Crippen molar-refractivity contribution in [1.29, 1.82) is 0 Å². The minimum atomic E-state index is -0.0897. The molecule has 1 aliphatic carbocycles. The van der Waals surface area contributed by atoms with Crippen LogP contribution in [0.4, 0.5) is 0 Å². The summed E-state index contributed by atoms with van der Waals surface area (Å²) < 4.78 is 4.83. The van der Waals surface area contributed by atoms with E-state index >= 15 is 0 Å². The number of carbonyl (C=O) groups excluding carboxylic acids is 1. The molecule has 0 aromatic rings. The Bertz CT molecular complexity index is 271. The van der Waals surface area contributed by atoms with E-state index in [-0.39, 0.29) is 5.97 Å².